The predicted octanol–water partition coefficient (Wildman–Crippen LogP) is 19.9. The molecule has 0 spiro atoms. The van der Waals surface area contributed by atoms with Crippen molar-refractivity contribution in [3.05, 3.63) is 109 Å². The van der Waals surface area contributed by atoms with E-state index < -0.39 is 12.1 Å². The summed E-state index contributed by atoms with van der Waals surface area (Å²) in [6, 6.07) is 0. The highest BCUT2D eigenvalue weighted by atomic mass is 16.6. The van der Waals surface area contributed by atoms with Crippen molar-refractivity contribution in [1.82, 2.24) is 0 Å². The molecule has 71 heavy (non-hydrogen) atoms. The Hall–Kier alpha value is -3.93. The zero-order valence-electron chi connectivity index (χ0n) is 46.2. The second-order valence-corrected chi connectivity index (χ2v) is 19.2. The van der Waals surface area contributed by atoms with Gasteiger partial charge < -0.3 is 14.2 Å². The average molecular weight is 986 g/mol. The molecule has 0 aliphatic heterocycles. The lowest BCUT2D eigenvalue weighted by Crippen LogP contribution is -2.30. The second kappa shape index (κ2) is 58.6. The highest BCUT2D eigenvalue weighted by Crippen LogP contribution is 2.16. The van der Waals surface area contributed by atoms with Crippen LogP contribution in [0.25, 0.3) is 0 Å². The van der Waals surface area contributed by atoms with E-state index in [9.17, 15) is 14.4 Å². The predicted molar refractivity (Wildman–Crippen MR) is 307 cm³/mol. The number of allylic oxidation sites excluding steroid dienone is 17. The first-order valence-electron chi connectivity index (χ1n) is 29.4. The largest absolute Gasteiger partial charge is 0.462 e. The van der Waals surface area contributed by atoms with E-state index in [2.05, 4.69) is 118 Å². The first-order chi connectivity index (χ1) is 35.0. The van der Waals surface area contributed by atoms with Gasteiger partial charge in [0.25, 0.3) is 0 Å². The van der Waals surface area contributed by atoms with Crippen LogP contribution in [0.2, 0.25) is 0 Å². The number of carbonyl (C=O) groups excluding carboxylic acids is 3. The number of rotatable bonds is 52. The topological polar surface area (TPSA) is 78.9 Å². The Morgan fingerprint density at radius 2 is 0.592 bits per heavy atom. The summed E-state index contributed by atoms with van der Waals surface area (Å²) >= 11 is 0. The molecule has 6 heteroatoms. The molecule has 0 amide bonds. The van der Waals surface area contributed by atoms with Gasteiger partial charge in [-0.2, -0.15) is 0 Å². The summed E-state index contributed by atoms with van der Waals surface area (Å²) in [6.45, 7) is 6.34. The van der Waals surface area contributed by atoms with E-state index in [4.69, 9.17) is 14.2 Å². The SMILES string of the molecule is CC/C=C\C/C=C\C/C=C\C/C=C\C/C=C\CC(=O)OC(COC(=O)CCCCCCCCCCCC/C=C\C/C=C\C/C=C\C/C=C\CC)COC(=O)CCCCCCCCCCCCCCCCC. The summed E-state index contributed by atoms with van der Waals surface area (Å²) in [5.74, 6) is -1.05. The standard InChI is InChI=1S/C65H108O6/c1-4-7-10-13-16-19-22-25-28-29-30-31-32-33-34-35-38-40-43-46-49-52-55-58-64(67)70-61-62(71-65(68)59-56-53-50-47-44-41-37-27-24-21-18-15-12-9-6-3)60-69-63(66)57-54-51-48-45-42-39-36-26-23-20-17-14-11-8-5-2/h7,9-10,12,16,18-19,21,25,27-28,30-31,37,44,47,53,56,62H,4-6,8,11,13-15,17,20,22-24,26,29,32-36,38-43,45-46,48-52,54-55,57-61H2,1-3H3/b10-7-,12-9-,19-16-,21-18-,28-25-,31-30-,37-27-,47-44-,56-53-. The van der Waals surface area contributed by atoms with Gasteiger partial charge in [0.05, 0.1) is 6.42 Å². The van der Waals surface area contributed by atoms with Crippen molar-refractivity contribution in [3.63, 3.8) is 0 Å². The van der Waals surface area contributed by atoms with Crippen molar-refractivity contribution >= 4 is 17.9 Å². The summed E-state index contributed by atoms with van der Waals surface area (Å²) in [4.78, 5) is 38.1. The van der Waals surface area contributed by atoms with Crippen LogP contribution in [-0.4, -0.2) is 37.2 Å². The first kappa shape index (κ1) is 67.1. The van der Waals surface area contributed by atoms with Crippen molar-refractivity contribution in [2.45, 2.75) is 271 Å². The molecule has 0 aliphatic carbocycles. The lowest BCUT2D eigenvalue weighted by molar-refractivity contribution is -0.166. The number of hydrogen-bond donors (Lipinski definition) is 0. The van der Waals surface area contributed by atoms with Crippen LogP contribution in [0.3, 0.4) is 0 Å². The number of esters is 3. The Labute approximate surface area is 438 Å². The summed E-state index contributed by atoms with van der Waals surface area (Å²) in [6.07, 6.45) is 79.7. The van der Waals surface area contributed by atoms with Crippen molar-refractivity contribution in [2.75, 3.05) is 13.2 Å². The Morgan fingerprint density at radius 3 is 0.930 bits per heavy atom. The fraction of sp³-hybridized carbons (Fsp3) is 0.677. The van der Waals surface area contributed by atoms with Gasteiger partial charge in [0, 0.05) is 12.8 Å². The minimum atomic E-state index is -0.834. The van der Waals surface area contributed by atoms with Crippen LogP contribution in [0.5, 0.6) is 0 Å². The average Bonchev–Trinajstić information content (AvgIpc) is 3.37. The van der Waals surface area contributed by atoms with Crippen molar-refractivity contribution in [1.29, 1.82) is 0 Å². The number of unbranched alkanes of at least 4 members (excludes halogenated alkanes) is 24. The van der Waals surface area contributed by atoms with E-state index in [0.29, 0.717) is 12.8 Å². The van der Waals surface area contributed by atoms with Gasteiger partial charge in [-0.15, -0.1) is 0 Å². The molecule has 0 heterocycles. The Morgan fingerprint density at radius 1 is 0.310 bits per heavy atom. The lowest BCUT2D eigenvalue weighted by atomic mass is 10.0. The molecule has 0 bridgehead atoms. The maximum atomic E-state index is 12.8. The van der Waals surface area contributed by atoms with Crippen molar-refractivity contribution in [2.24, 2.45) is 0 Å². The van der Waals surface area contributed by atoms with Gasteiger partial charge >= 0.3 is 17.9 Å². The highest BCUT2D eigenvalue weighted by Gasteiger charge is 2.19. The number of hydrogen-bond acceptors (Lipinski definition) is 6. The first-order valence-corrected chi connectivity index (χ1v) is 29.4. The second-order valence-electron chi connectivity index (χ2n) is 19.2. The summed E-state index contributed by atoms with van der Waals surface area (Å²) in [5, 5.41) is 0. The third-order valence-corrected chi connectivity index (χ3v) is 12.3. The molecule has 0 N–H and O–H groups in total. The van der Waals surface area contributed by atoms with Crippen LogP contribution in [-0.2, 0) is 28.6 Å². The molecule has 1 atom stereocenters. The zero-order valence-corrected chi connectivity index (χ0v) is 46.2. The van der Waals surface area contributed by atoms with E-state index in [0.717, 1.165) is 96.3 Å². The van der Waals surface area contributed by atoms with Gasteiger partial charge in [0.1, 0.15) is 13.2 Å². The number of ether oxygens (including phenoxy) is 3. The van der Waals surface area contributed by atoms with E-state index >= 15 is 0 Å². The Balaban J connectivity index is 4.43. The molecule has 404 valence electrons. The van der Waals surface area contributed by atoms with Gasteiger partial charge in [-0.25, -0.2) is 0 Å². The van der Waals surface area contributed by atoms with Gasteiger partial charge in [0.15, 0.2) is 6.10 Å². The molecular formula is C65H108O6. The minimum absolute atomic E-state index is 0.0950. The zero-order chi connectivity index (χ0) is 51.4. The minimum Gasteiger partial charge on any atom is -0.462 e. The molecule has 0 aliphatic rings. The fourth-order valence-corrected chi connectivity index (χ4v) is 7.98. The summed E-state index contributed by atoms with van der Waals surface area (Å²) < 4.78 is 16.8. The molecule has 0 radical (unpaired) electrons. The van der Waals surface area contributed by atoms with Crippen LogP contribution in [0.15, 0.2) is 109 Å². The maximum Gasteiger partial charge on any atom is 0.310 e. The van der Waals surface area contributed by atoms with Gasteiger partial charge in [0.2, 0.25) is 0 Å². The lowest BCUT2D eigenvalue weighted by Gasteiger charge is -2.18. The highest BCUT2D eigenvalue weighted by molar-refractivity contribution is 5.72. The van der Waals surface area contributed by atoms with Crippen molar-refractivity contribution < 1.29 is 28.6 Å². The monoisotopic (exact) mass is 985 g/mol. The van der Waals surface area contributed by atoms with E-state index in [1.165, 1.54) is 128 Å². The van der Waals surface area contributed by atoms with E-state index in [-0.39, 0.29) is 31.6 Å². The molecular weight excluding hydrogens is 877 g/mol. The Kier molecular flexibility index (Phi) is 55.4. The maximum absolute atomic E-state index is 12.8. The molecule has 0 rings (SSSR count). The van der Waals surface area contributed by atoms with Crippen LogP contribution >= 0.6 is 0 Å². The van der Waals surface area contributed by atoms with Gasteiger partial charge in [-0.05, 0) is 83.5 Å². The fourth-order valence-electron chi connectivity index (χ4n) is 7.98. The molecule has 0 fully saturated rings. The quantitative estimate of drug-likeness (QED) is 0.0261. The molecule has 0 saturated carbocycles. The number of carbonyl (C=O) groups is 3. The Bertz CT molecular complexity index is 1460. The van der Waals surface area contributed by atoms with Gasteiger partial charge in [-0.3, -0.25) is 14.4 Å². The van der Waals surface area contributed by atoms with Gasteiger partial charge in [-0.1, -0.05) is 271 Å². The molecule has 1 unspecified atom stereocenters. The molecule has 0 aromatic heterocycles. The van der Waals surface area contributed by atoms with Crippen LogP contribution in [0, 0.1) is 0 Å². The van der Waals surface area contributed by atoms with E-state index in [1.54, 1.807) is 6.08 Å². The van der Waals surface area contributed by atoms with Crippen LogP contribution < -0.4 is 0 Å². The molecule has 6 nitrogen and oxygen atoms in total. The van der Waals surface area contributed by atoms with Crippen LogP contribution in [0.1, 0.15) is 265 Å². The van der Waals surface area contributed by atoms with Crippen LogP contribution in [0.4, 0.5) is 0 Å². The summed E-state index contributed by atoms with van der Waals surface area (Å²) in [5.41, 5.74) is 0. The molecule has 0 aromatic rings. The third-order valence-electron chi connectivity index (χ3n) is 12.3. The third kappa shape index (κ3) is 56.9. The molecule has 0 aromatic carbocycles. The smallest absolute Gasteiger partial charge is 0.310 e. The normalized spacial score (nSPS) is 12.9. The molecule has 0 saturated heterocycles. The van der Waals surface area contributed by atoms with Crippen molar-refractivity contribution in [3.8, 4) is 0 Å². The van der Waals surface area contributed by atoms with E-state index in [1.807, 2.05) is 6.08 Å². The summed E-state index contributed by atoms with van der Waals surface area (Å²) in [7, 11) is 0.